The van der Waals surface area contributed by atoms with Crippen LogP contribution in [0.3, 0.4) is 0 Å². The summed E-state index contributed by atoms with van der Waals surface area (Å²) in [5.74, 6) is -3.62. The Morgan fingerprint density at radius 2 is 0.833 bits per heavy atom. The number of unbranched alkanes of at least 4 members (excludes halogenated alkanes) is 18. The molecule has 2 N–H and O–H groups in total. The molecule has 0 fully saturated rings. The van der Waals surface area contributed by atoms with Crippen LogP contribution < -0.4 is 0 Å². The Balaban J connectivity index is 1.81. The second-order valence-corrected chi connectivity index (χ2v) is 17.5. The average Bonchev–Trinajstić information content (AvgIpc) is 3.05. The molecule has 3 rings (SSSR count). The van der Waals surface area contributed by atoms with E-state index >= 15 is 0 Å². The zero-order chi connectivity index (χ0) is 35.2. The standard InChI is InChI=1S/C38H56O8S2/c1-3-5-7-9-11-13-15-17-19-21-27-47(43,44)32-26-23-29-33(37(42)35-31(40)25-24-30(39)34(35)36(29)41)38(32)48(45,46)28-22-20-18-16-14-12-10-8-6-4-2/h23-26,39-40H,3-22,27-28H2,1-2H3. The lowest BCUT2D eigenvalue weighted by atomic mass is 9.83. The second-order valence-electron chi connectivity index (χ2n) is 13.3. The van der Waals surface area contributed by atoms with Crippen LogP contribution in [0.4, 0.5) is 0 Å². The number of hydrogen-bond donors (Lipinski definition) is 2. The van der Waals surface area contributed by atoms with Crippen molar-refractivity contribution in [2.75, 3.05) is 11.5 Å². The average molecular weight is 705 g/mol. The van der Waals surface area contributed by atoms with Gasteiger partial charge in [0.25, 0.3) is 0 Å². The summed E-state index contributed by atoms with van der Waals surface area (Å²) in [5, 5.41) is 20.9. The van der Waals surface area contributed by atoms with Gasteiger partial charge < -0.3 is 10.2 Å². The van der Waals surface area contributed by atoms with Crippen molar-refractivity contribution in [1.29, 1.82) is 0 Å². The second kappa shape index (κ2) is 19.5. The largest absolute Gasteiger partial charge is 0.507 e. The normalized spacial score (nSPS) is 13.1. The van der Waals surface area contributed by atoms with Gasteiger partial charge in [-0.1, -0.05) is 129 Å². The number of rotatable bonds is 24. The van der Waals surface area contributed by atoms with Crippen LogP contribution in [0.5, 0.6) is 11.5 Å². The molecule has 0 unspecified atom stereocenters. The monoisotopic (exact) mass is 704 g/mol. The molecule has 2 aromatic carbocycles. The van der Waals surface area contributed by atoms with Gasteiger partial charge in [0.15, 0.2) is 31.2 Å². The van der Waals surface area contributed by atoms with E-state index in [1.807, 2.05) is 0 Å². The summed E-state index contributed by atoms with van der Waals surface area (Å²) in [6, 6.07) is 4.41. The summed E-state index contributed by atoms with van der Waals surface area (Å²) >= 11 is 0. The van der Waals surface area contributed by atoms with Crippen LogP contribution in [0.15, 0.2) is 34.1 Å². The van der Waals surface area contributed by atoms with Crippen LogP contribution >= 0.6 is 0 Å². The molecule has 268 valence electrons. The number of sulfone groups is 2. The molecular weight excluding hydrogens is 649 g/mol. The highest BCUT2D eigenvalue weighted by molar-refractivity contribution is 7.94. The van der Waals surface area contributed by atoms with Gasteiger partial charge in [0, 0.05) is 5.56 Å². The quantitative estimate of drug-likeness (QED) is 0.0694. The lowest BCUT2D eigenvalue weighted by molar-refractivity contribution is 0.0971. The number of hydrogen-bond acceptors (Lipinski definition) is 8. The molecule has 0 radical (unpaired) electrons. The summed E-state index contributed by atoms with van der Waals surface area (Å²) in [4.78, 5) is 26.3. The Morgan fingerprint density at radius 3 is 1.27 bits per heavy atom. The Bertz CT molecular complexity index is 1590. The SMILES string of the molecule is CCCCCCCCCCCCS(=O)(=O)c1ccc2c(c1S(=O)(=O)CCCCCCCCCCCC)C(=O)c1c(O)ccc(O)c1C2=O. The van der Waals surface area contributed by atoms with Gasteiger partial charge in [-0.3, -0.25) is 9.59 Å². The number of benzene rings is 2. The molecule has 10 heteroatoms. The van der Waals surface area contributed by atoms with E-state index in [4.69, 9.17) is 0 Å². The minimum absolute atomic E-state index is 0.282. The maximum Gasteiger partial charge on any atom is 0.199 e. The third-order valence-corrected chi connectivity index (χ3v) is 13.2. The predicted molar refractivity (Wildman–Crippen MR) is 191 cm³/mol. The molecule has 48 heavy (non-hydrogen) atoms. The first-order chi connectivity index (χ1) is 23.0. The van der Waals surface area contributed by atoms with Gasteiger partial charge in [-0.05, 0) is 37.1 Å². The van der Waals surface area contributed by atoms with E-state index in [9.17, 15) is 36.6 Å². The molecule has 0 saturated heterocycles. The van der Waals surface area contributed by atoms with Crippen molar-refractivity contribution in [3.63, 3.8) is 0 Å². The number of fused-ring (bicyclic) bond motifs is 2. The Morgan fingerprint density at radius 1 is 0.458 bits per heavy atom. The van der Waals surface area contributed by atoms with Crippen molar-refractivity contribution in [3.8, 4) is 11.5 Å². The first-order valence-corrected chi connectivity index (χ1v) is 21.5. The maximum atomic E-state index is 14.0. The highest BCUT2D eigenvalue weighted by Crippen LogP contribution is 2.42. The van der Waals surface area contributed by atoms with Crippen LogP contribution in [0.25, 0.3) is 0 Å². The first-order valence-electron chi connectivity index (χ1n) is 18.2. The van der Waals surface area contributed by atoms with Crippen molar-refractivity contribution >= 4 is 31.2 Å². The molecule has 1 aliphatic carbocycles. The van der Waals surface area contributed by atoms with Crippen LogP contribution in [-0.4, -0.2) is 50.1 Å². The molecule has 0 heterocycles. The van der Waals surface area contributed by atoms with E-state index in [0.717, 1.165) is 75.6 Å². The fourth-order valence-corrected chi connectivity index (χ4v) is 10.5. The summed E-state index contributed by atoms with van der Waals surface area (Å²) < 4.78 is 55.6. The van der Waals surface area contributed by atoms with E-state index in [2.05, 4.69) is 13.8 Å². The summed E-state index contributed by atoms with van der Waals surface area (Å²) in [7, 11) is -8.51. The van der Waals surface area contributed by atoms with Crippen molar-refractivity contribution in [1.82, 2.24) is 0 Å². The van der Waals surface area contributed by atoms with Crippen molar-refractivity contribution < 1.29 is 36.6 Å². The van der Waals surface area contributed by atoms with Gasteiger partial charge in [0.2, 0.25) is 0 Å². The molecule has 1 aliphatic rings. The van der Waals surface area contributed by atoms with Crippen molar-refractivity contribution in [2.45, 2.75) is 152 Å². The number of phenolic OH excluding ortho intramolecular Hbond substituents is 2. The lowest BCUT2D eigenvalue weighted by Gasteiger charge is -2.23. The Labute approximate surface area is 288 Å². The third kappa shape index (κ3) is 10.6. The molecule has 0 aromatic heterocycles. The van der Waals surface area contributed by atoms with E-state index in [1.165, 1.54) is 51.4 Å². The van der Waals surface area contributed by atoms with Gasteiger partial charge in [-0.2, -0.15) is 0 Å². The number of aromatic hydroxyl groups is 2. The summed E-state index contributed by atoms with van der Waals surface area (Å²) in [6.45, 7) is 4.36. The Hall–Kier alpha value is -2.72. The highest BCUT2D eigenvalue weighted by Gasteiger charge is 2.41. The van der Waals surface area contributed by atoms with E-state index in [0.29, 0.717) is 19.3 Å². The lowest BCUT2D eigenvalue weighted by Crippen LogP contribution is -2.27. The van der Waals surface area contributed by atoms with Crippen molar-refractivity contribution in [3.05, 3.63) is 46.5 Å². The molecule has 0 aliphatic heterocycles. The number of phenols is 2. The topological polar surface area (TPSA) is 143 Å². The zero-order valence-corrected chi connectivity index (χ0v) is 30.7. The summed E-state index contributed by atoms with van der Waals surface area (Å²) in [6.07, 6.45) is 19.9. The third-order valence-electron chi connectivity index (χ3n) is 9.39. The van der Waals surface area contributed by atoms with Gasteiger partial charge in [0.1, 0.15) is 11.5 Å². The number of carbonyl (C=O) groups excluding carboxylic acids is 2. The summed E-state index contributed by atoms with van der Waals surface area (Å²) in [5.41, 5.74) is -1.78. The van der Waals surface area contributed by atoms with E-state index in [1.54, 1.807) is 0 Å². The first kappa shape index (κ1) is 39.7. The zero-order valence-electron chi connectivity index (χ0n) is 29.0. The highest BCUT2D eigenvalue weighted by atomic mass is 32.2. The van der Waals surface area contributed by atoms with Gasteiger partial charge in [-0.25, -0.2) is 16.8 Å². The molecule has 0 spiro atoms. The van der Waals surface area contributed by atoms with Gasteiger partial charge >= 0.3 is 0 Å². The Kier molecular flexibility index (Phi) is 16.1. The van der Waals surface area contributed by atoms with Crippen LogP contribution in [0.1, 0.15) is 174 Å². The fourth-order valence-electron chi connectivity index (χ4n) is 6.60. The van der Waals surface area contributed by atoms with Crippen molar-refractivity contribution in [2.24, 2.45) is 0 Å². The molecule has 0 amide bonds. The molecular formula is C38H56O8S2. The van der Waals surface area contributed by atoms with Gasteiger partial charge in [0.05, 0.1) is 38.0 Å². The van der Waals surface area contributed by atoms with Crippen LogP contribution in [0, 0.1) is 0 Å². The fraction of sp³-hybridized carbons (Fsp3) is 0.632. The molecule has 0 bridgehead atoms. The molecule has 0 atom stereocenters. The van der Waals surface area contributed by atoms with E-state index < -0.39 is 69.2 Å². The predicted octanol–water partition coefficient (Wildman–Crippen LogP) is 9.26. The van der Waals surface area contributed by atoms with Crippen LogP contribution in [-0.2, 0) is 19.7 Å². The molecule has 2 aromatic rings. The minimum atomic E-state index is -4.35. The van der Waals surface area contributed by atoms with Gasteiger partial charge in [-0.15, -0.1) is 0 Å². The molecule has 8 nitrogen and oxygen atoms in total. The minimum Gasteiger partial charge on any atom is -0.507 e. The number of ketones is 2. The maximum absolute atomic E-state index is 14.0. The number of carbonyl (C=O) groups is 2. The van der Waals surface area contributed by atoms with E-state index in [-0.39, 0.29) is 23.5 Å². The smallest absolute Gasteiger partial charge is 0.199 e. The molecule has 0 saturated carbocycles. The van der Waals surface area contributed by atoms with Crippen LogP contribution in [0.2, 0.25) is 0 Å².